The molecule has 3 saturated heterocycles. The molecule has 0 spiro atoms. The van der Waals surface area contributed by atoms with Gasteiger partial charge in [-0.3, -0.25) is 24.1 Å². The van der Waals surface area contributed by atoms with Crippen molar-refractivity contribution in [2.45, 2.75) is 25.7 Å². The Morgan fingerprint density at radius 2 is 1.53 bits per heavy atom. The van der Waals surface area contributed by atoms with Gasteiger partial charge in [0.05, 0.1) is 58.4 Å². The Kier molecular flexibility index (Phi) is 7.82. The van der Waals surface area contributed by atoms with Gasteiger partial charge in [-0.05, 0) is 102 Å². The fraction of sp³-hybridized carbons (Fsp3) is 0.368. The number of hydrogen-bond donors (Lipinski definition) is 1. The molecule has 1 N–H and O–H groups in total. The number of halogens is 1. The van der Waals surface area contributed by atoms with Crippen molar-refractivity contribution >= 4 is 63.3 Å². The van der Waals surface area contributed by atoms with E-state index in [0.717, 1.165) is 24.4 Å². The summed E-state index contributed by atoms with van der Waals surface area (Å²) in [6, 6.07) is 20.0. The molecule has 4 amide bonds. The van der Waals surface area contributed by atoms with Crippen molar-refractivity contribution in [3.63, 3.8) is 0 Å². The van der Waals surface area contributed by atoms with Crippen LogP contribution in [0.25, 0.3) is 0 Å². The largest absolute Gasteiger partial charge is 0.504 e. The number of ether oxygens (including phenoxy) is 2. The summed E-state index contributed by atoms with van der Waals surface area (Å²) in [4.78, 5) is 62.3. The van der Waals surface area contributed by atoms with Crippen molar-refractivity contribution in [1.29, 1.82) is 0 Å². The SMILES string of the molecule is COc1cc(C2C3=CCC4C(=O)N(c5ccc(N6CCOCC6)cc5)C(=O)C4C3CC3C(=O)N(c4ccccc4)C(=O)C32C)cc(I)c1O. The molecule has 4 fully saturated rings. The Bertz CT molecular complexity index is 1910. The van der Waals surface area contributed by atoms with Gasteiger partial charge in [-0.15, -0.1) is 0 Å². The molecule has 49 heavy (non-hydrogen) atoms. The van der Waals surface area contributed by atoms with Gasteiger partial charge in [-0.1, -0.05) is 29.8 Å². The van der Waals surface area contributed by atoms with E-state index < -0.39 is 35.0 Å². The van der Waals surface area contributed by atoms with E-state index in [1.807, 2.05) is 72.0 Å². The zero-order valence-electron chi connectivity index (χ0n) is 27.2. The van der Waals surface area contributed by atoms with E-state index >= 15 is 0 Å². The second kappa shape index (κ2) is 12.0. The van der Waals surface area contributed by atoms with Crippen LogP contribution in [0.4, 0.5) is 17.1 Å². The molecule has 8 rings (SSSR count). The number of benzene rings is 3. The summed E-state index contributed by atoms with van der Waals surface area (Å²) in [6.45, 7) is 4.71. The molecule has 0 radical (unpaired) electrons. The number of phenols is 1. The Labute approximate surface area is 297 Å². The molecule has 10 nitrogen and oxygen atoms in total. The predicted molar refractivity (Wildman–Crippen MR) is 190 cm³/mol. The van der Waals surface area contributed by atoms with Crippen molar-refractivity contribution in [3.8, 4) is 11.5 Å². The summed E-state index contributed by atoms with van der Waals surface area (Å²) >= 11 is 2.04. The van der Waals surface area contributed by atoms with Crippen molar-refractivity contribution in [2.75, 3.05) is 48.1 Å². The lowest BCUT2D eigenvalue weighted by molar-refractivity contribution is -0.131. The maximum Gasteiger partial charge on any atom is 0.241 e. The molecule has 252 valence electrons. The number of morpholine rings is 1. The zero-order valence-corrected chi connectivity index (χ0v) is 29.3. The molecule has 0 aromatic heterocycles. The minimum atomic E-state index is -1.19. The van der Waals surface area contributed by atoms with Crippen LogP contribution >= 0.6 is 22.6 Å². The van der Waals surface area contributed by atoms with Crippen LogP contribution in [0.15, 0.2) is 78.4 Å². The molecule has 5 aliphatic rings. The van der Waals surface area contributed by atoms with Gasteiger partial charge in [0, 0.05) is 24.7 Å². The monoisotopic (exact) mass is 773 g/mol. The standard InChI is InChI=1S/C38H36IN3O7/c1-38-28(35(45)42(37(38)47)23-6-4-3-5-7-23)20-27-25(32(38)21-18-29(39)33(43)30(19-21)48-2)12-13-26-31(27)36(46)41(34(26)44)24-10-8-22(9-11-24)40-14-16-49-17-15-40/h3-12,18-19,26-28,31-32,43H,13-17,20H2,1-2H3. The molecule has 6 unspecified atom stereocenters. The van der Waals surface area contributed by atoms with Crippen molar-refractivity contribution < 1.29 is 33.8 Å². The zero-order chi connectivity index (χ0) is 34.2. The summed E-state index contributed by atoms with van der Waals surface area (Å²) in [6.07, 6.45) is 2.64. The fourth-order valence-corrected chi connectivity index (χ4v) is 9.65. The lowest BCUT2D eigenvalue weighted by Gasteiger charge is -2.49. The number of amides is 4. The van der Waals surface area contributed by atoms with Crippen molar-refractivity contribution in [3.05, 3.63) is 87.5 Å². The van der Waals surface area contributed by atoms with Gasteiger partial charge in [0.15, 0.2) is 11.5 Å². The van der Waals surface area contributed by atoms with E-state index in [1.165, 1.54) is 16.9 Å². The van der Waals surface area contributed by atoms with Crippen LogP contribution in [-0.2, 0) is 23.9 Å². The van der Waals surface area contributed by atoms with Gasteiger partial charge < -0.3 is 19.5 Å². The second-order valence-electron chi connectivity index (χ2n) is 13.7. The molecule has 3 heterocycles. The number of phenolic OH excluding ortho intramolecular Hbond substituents is 1. The quantitative estimate of drug-likeness (QED) is 0.212. The van der Waals surface area contributed by atoms with Gasteiger partial charge >= 0.3 is 0 Å². The minimum Gasteiger partial charge on any atom is -0.504 e. The molecule has 11 heteroatoms. The number of imide groups is 2. The number of allylic oxidation sites excluding steroid dienone is 2. The highest BCUT2D eigenvalue weighted by molar-refractivity contribution is 14.1. The third-order valence-electron chi connectivity index (χ3n) is 11.4. The van der Waals surface area contributed by atoms with E-state index in [9.17, 15) is 24.3 Å². The van der Waals surface area contributed by atoms with E-state index in [0.29, 0.717) is 40.1 Å². The first-order valence-corrected chi connectivity index (χ1v) is 17.7. The van der Waals surface area contributed by atoms with Crippen LogP contribution < -0.4 is 19.4 Å². The smallest absolute Gasteiger partial charge is 0.241 e. The number of nitrogens with zero attached hydrogens (tertiary/aromatic N) is 3. The number of methoxy groups -OCH3 is 1. The average Bonchev–Trinajstić information content (AvgIpc) is 3.49. The van der Waals surface area contributed by atoms with E-state index in [2.05, 4.69) is 4.90 Å². The van der Waals surface area contributed by atoms with Crippen LogP contribution in [0.3, 0.4) is 0 Å². The first-order chi connectivity index (χ1) is 23.6. The van der Waals surface area contributed by atoms with Gasteiger partial charge in [0.2, 0.25) is 23.6 Å². The van der Waals surface area contributed by atoms with Crippen LogP contribution in [0.1, 0.15) is 31.2 Å². The minimum absolute atomic E-state index is 0.00909. The van der Waals surface area contributed by atoms with E-state index in [4.69, 9.17) is 9.47 Å². The highest BCUT2D eigenvalue weighted by atomic mass is 127. The number of hydrogen-bond acceptors (Lipinski definition) is 8. The summed E-state index contributed by atoms with van der Waals surface area (Å²) < 4.78 is 11.6. The van der Waals surface area contributed by atoms with Gasteiger partial charge in [0.25, 0.3) is 0 Å². The summed E-state index contributed by atoms with van der Waals surface area (Å²) in [7, 11) is 1.47. The Hall–Kier alpha value is -4.23. The summed E-state index contributed by atoms with van der Waals surface area (Å²) in [5.41, 5.74) is 2.44. The maximum atomic E-state index is 14.6. The Morgan fingerprint density at radius 3 is 2.22 bits per heavy atom. The Morgan fingerprint density at radius 1 is 0.857 bits per heavy atom. The van der Waals surface area contributed by atoms with Crippen molar-refractivity contribution in [2.24, 2.45) is 29.1 Å². The molecule has 1 saturated carbocycles. The second-order valence-corrected chi connectivity index (χ2v) is 14.8. The number of carbonyl (C=O) groups is 4. The number of carbonyl (C=O) groups excluding carboxylic acids is 4. The number of aromatic hydroxyl groups is 1. The van der Waals surface area contributed by atoms with Gasteiger partial charge in [-0.2, -0.15) is 0 Å². The van der Waals surface area contributed by atoms with Crippen LogP contribution in [0.2, 0.25) is 0 Å². The molecule has 2 aliphatic carbocycles. The first kappa shape index (κ1) is 32.0. The summed E-state index contributed by atoms with van der Waals surface area (Å²) in [5, 5.41) is 10.7. The molecule has 6 atom stereocenters. The average molecular weight is 774 g/mol. The van der Waals surface area contributed by atoms with E-state index in [-0.39, 0.29) is 41.5 Å². The molecular weight excluding hydrogens is 737 g/mol. The van der Waals surface area contributed by atoms with E-state index in [1.54, 1.807) is 30.3 Å². The fourth-order valence-electron chi connectivity index (χ4n) is 9.02. The number of anilines is 3. The first-order valence-electron chi connectivity index (χ1n) is 16.7. The number of fused-ring (bicyclic) bond motifs is 4. The molecule has 0 bridgehead atoms. The highest BCUT2D eigenvalue weighted by Gasteiger charge is 2.67. The molecule has 3 aliphatic heterocycles. The highest BCUT2D eigenvalue weighted by Crippen LogP contribution is 2.64. The topological polar surface area (TPSA) is 117 Å². The van der Waals surface area contributed by atoms with Gasteiger partial charge in [0.1, 0.15) is 0 Å². The molecular formula is C38H36IN3O7. The van der Waals surface area contributed by atoms with Crippen LogP contribution in [0.5, 0.6) is 11.5 Å². The molecule has 3 aromatic rings. The number of rotatable bonds is 5. The third-order valence-corrected chi connectivity index (χ3v) is 12.2. The molecule has 3 aromatic carbocycles. The van der Waals surface area contributed by atoms with Crippen LogP contribution in [-0.4, -0.2) is 62.1 Å². The van der Waals surface area contributed by atoms with Crippen LogP contribution in [0, 0.1) is 32.7 Å². The third kappa shape index (κ3) is 4.75. The van der Waals surface area contributed by atoms with Crippen molar-refractivity contribution in [1.82, 2.24) is 0 Å². The maximum absolute atomic E-state index is 14.6. The normalized spacial score (nSPS) is 29.5. The summed E-state index contributed by atoms with van der Waals surface area (Å²) in [5.74, 6) is -3.92. The lowest BCUT2D eigenvalue weighted by Crippen LogP contribution is -2.48. The number of para-hydroxylation sites is 1. The Balaban J connectivity index is 1.21. The van der Waals surface area contributed by atoms with Gasteiger partial charge in [-0.25, -0.2) is 4.90 Å². The lowest BCUT2D eigenvalue weighted by atomic mass is 9.51. The predicted octanol–water partition coefficient (Wildman–Crippen LogP) is 5.28.